The van der Waals surface area contributed by atoms with Crippen molar-refractivity contribution in [3.8, 4) is 11.4 Å². The van der Waals surface area contributed by atoms with Gasteiger partial charge in [0.25, 0.3) is 0 Å². The Balaban J connectivity index is 2.32. The topological polar surface area (TPSA) is 57.0 Å². The number of nitrogens with zero attached hydrogens (tertiary/aromatic N) is 3. The Morgan fingerprint density at radius 1 is 1.48 bits per heavy atom. The number of carbonyl (C=O) groups excluding carboxylic acids is 1. The largest absolute Gasteiger partial charge is 0.468 e. The molecular weight excluding hydrogens is 286 g/mol. The van der Waals surface area contributed by atoms with Crippen LogP contribution in [0.4, 0.5) is 0 Å². The highest BCUT2D eigenvalue weighted by Crippen LogP contribution is 2.24. The van der Waals surface area contributed by atoms with Crippen molar-refractivity contribution < 1.29 is 9.53 Å². The molecule has 0 saturated carbocycles. The number of hydrogen-bond acceptors (Lipinski definition) is 5. The maximum Gasteiger partial charge on any atom is 0.316 e. The summed E-state index contributed by atoms with van der Waals surface area (Å²) in [5.41, 5.74) is 2.15. The minimum absolute atomic E-state index is 0.208. The molecule has 0 unspecified atom stereocenters. The number of hydrogen-bond donors (Lipinski definition) is 0. The Morgan fingerprint density at radius 2 is 2.29 bits per heavy atom. The molecule has 2 aromatic rings. The number of benzene rings is 1. The Labute approximate surface area is 128 Å². The number of allylic oxidation sites excluding steroid dienone is 1. The van der Waals surface area contributed by atoms with Crippen molar-refractivity contribution in [3.63, 3.8) is 0 Å². The van der Waals surface area contributed by atoms with E-state index in [1.807, 2.05) is 29.7 Å². The fraction of sp³-hybridized carbons (Fsp3) is 0.267. The summed E-state index contributed by atoms with van der Waals surface area (Å²) in [6, 6.07) is 8.06. The highest BCUT2D eigenvalue weighted by atomic mass is 32.2. The summed E-state index contributed by atoms with van der Waals surface area (Å²) >= 11 is 1.31. The maximum absolute atomic E-state index is 11.3. The van der Waals surface area contributed by atoms with Crippen molar-refractivity contribution in [2.45, 2.75) is 18.6 Å². The SMILES string of the molecule is C=CCn1c(SCC(=O)OC)nnc1-c1cccc(C)c1. The zero-order valence-electron chi connectivity index (χ0n) is 12.1. The molecule has 21 heavy (non-hydrogen) atoms. The summed E-state index contributed by atoms with van der Waals surface area (Å²) in [4.78, 5) is 11.3. The van der Waals surface area contributed by atoms with Crippen molar-refractivity contribution in [1.29, 1.82) is 0 Å². The molecule has 5 nitrogen and oxygen atoms in total. The van der Waals surface area contributed by atoms with Crippen LogP contribution in [0.5, 0.6) is 0 Å². The molecular formula is C15H17N3O2S. The lowest BCUT2D eigenvalue weighted by atomic mass is 10.1. The third kappa shape index (κ3) is 3.72. The normalized spacial score (nSPS) is 10.4. The molecule has 0 aliphatic carbocycles. The molecule has 0 atom stereocenters. The van der Waals surface area contributed by atoms with Gasteiger partial charge < -0.3 is 4.74 Å². The number of carbonyl (C=O) groups is 1. The van der Waals surface area contributed by atoms with Crippen molar-refractivity contribution in [1.82, 2.24) is 14.8 Å². The van der Waals surface area contributed by atoms with Crippen LogP contribution in [0, 0.1) is 6.92 Å². The number of rotatable bonds is 6. The average molecular weight is 303 g/mol. The minimum Gasteiger partial charge on any atom is -0.468 e. The van der Waals surface area contributed by atoms with E-state index < -0.39 is 0 Å². The van der Waals surface area contributed by atoms with Gasteiger partial charge >= 0.3 is 5.97 Å². The summed E-state index contributed by atoms with van der Waals surface area (Å²) < 4.78 is 6.58. The minimum atomic E-state index is -0.287. The second-order valence-corrected chi connectivity index (χ2v) is 5.38. The second kappa shape index (κ2) is 7.08. The molecule has 6 heteroatoms. The first-order chi connectivity index (χ1) is 10.2. The van der Waals surface area contributed by atoms with Gasteiger partial charge in [-0.2, -0.15) is 0 Å². The first-order valence-corrected chi connectivity index (χ1v) is 7.45. The van der Waals surface area contributed by atoms with Crippen LogP contribution in [0.15, 0.2) is 42.1 Å². The fourth-order valence-electron chi connectivity index (χ4n) is 1.87. The molecule has 2 rings (SSSR count). The second-order valence-electron chi connectivity index (χ2n) is 4.44. The zero-order chi connectivity index (χ0) is 15.2. The van der Waals surface area contributed by atoms with E-state index in [0.29, 0.717) is 11.7 Å². The number of thioether (sulfide) groups is 1. The molecule has 0 saturated heterocycles. The van der Waals surface area contributed by atoms with Crippen molar-refractivity contribution >= 4 is 17.7 Å². The monoisotopic (exact) mass is 303 g/mol. The fourth-order valence-corrected chi connectivity index (χ4v) is 2.65. The number of aryl methyl sites for hydroxylation is 1. The number of methoxy groups -OCH3 is 1. The molecule has 0 bridgehead atoms. The average Bonchev–Trinajstić information content (AvgIpc) is 2.88. The quantitative estimate of drug-likeness (QED) is 0.466. The van der Waals surface area contributed by atoms with E-state index in [1.54, 1.807) is 6.08 Å². The predicted molar refractivity (Wildman–Crippen MR) is 83.1 cm³/mol. The Morgan fingerprint density at radius 3 is 2.95 bits per heavy atom. The van der Waals surface area contributed by atoms with Gasteiger partial charge in [-0.25, -0.2) is 0 Å². The summed E-state index contributed by atoms with van der Waals surface area (Å²) in [5, 5.41) is 9.09. The molecule has 0 spiro atoms. The molecule has 1 aromatic heterocycles. The predicted octanol–water partition coefficient (Wildman–Crippen LogP) is 2.70. The molecule has 0 fully saturated rings. The highest BCUT2D eigenvalue weighted by molar-refractivity contribution is 7.99. The molecule has 1 heterocycles. The van der Waals surface area contributed by atoms with Crippen LogP contribution in [-0.2, 0) is 16.1 Å². The summed E-state index contributed by atoms with van der Waals surface area (Å²) in [5.74, 6) is 0.691. The van der Waals surface area contributed by atoms with Gasteiger partial charge in [0.05, 0.1) is 12.9 Å². The zero-order valence-corrected chi connectivity index (χ0v) is 12.9. The third-order valence-electron chi connectivity index (χ3n) is 2.85. The maximum atomic E-state index is 11.3. The third-order valence-corrected chi connectivity index (χ3v) is 3.79. The van der Waals surface area contributed by atoms with Crippen LogP contribution >= 0.6 is 11.8 Å². The number of ether oxygens (including phenoxy) is 1. The van der Waals surface area contributed by atoms with E-state index in [2.05, 4.69) is 27.6 Å². The van der Waals surface area contributed by atoms with Crippen molar-refractivity contribution in [2.75, 3.05) is 12.9 Å². The first-order valence-electron chi connectivity index (χ1n) is 6.46. The Hall–Kier alpha value is -2.08. The Bertz CT molecular complexity index is 652. The van der Waals surface area contributed by atoms with E-state index in [4.69, 9.17) is 0 Å². The van der Waals surface area contributed by atoms with Crippen LogP contribution in [-0.4, -0.2) is 33.6 Å². The first kappa shape index (κ1) is 15.3. The molecule has 0 N–H and O–H groups in total. The van der Waals surface area contributed by atoms with Crippen molar-refractivity contribution in [3.05, 3.63) is 42.5 Å². The van der Waals surface area contributed by atoms with Gasteiger partial charge in [-0.3, -0.25) is 9.36 Å². The smallest absolute Gasteiger partial charge is 0.316 e. The summed E-state index contributed by atoms with van der Waals surface area (Å²) in [7, 11) is 1.37. The molecule has 0 aliphatic heterocycles. The lowest BCUT2D eigenvalue weighted by Gasteiger charge is -2.07. The van der Waals surface area contributed by atoms with E-state index in [9.17, 15) is 4.79 Å². The van der Waals surface area contributed by atoms with Gasteiger partial charge in [0.2, 0.25) is 0 Å². The van der Waals surface area contributed by atoms with E-state index in [1.165, 1.54) is 18.9 Å². The van der Waals surface area contributed by atoms with Crippen LogP contribution in [0.25, 0.3) is 11.4 Å². The highest BCUT2D eigenvalue weighted by Gasteiger charge is 2.15. The van der Waals surface area contributed by atoms with E-state index in [-0.39, 0.29) is 11.7 Å². The van der Waals surface area contributed by atoms with Gasteiger partial charge in [-0.05, 0) is 13.0 Å². The summed E-state index contributed by atoms with van der Waals surface area (Å²) in [6.07, 6.45) is 1.78. The van der Waals surface area contributed by atoms with Crippen LogP contribution in [0.2, 0.25) is 0 Å². The van der Waals surface area contributed by atoms with Crippen LogP contribution < -0.4 is 0 Å². The van der Waals surface area contributed by atoms with Gasteiger partial charge in [0, 0.05) is 12.1 Å². The van der Waals surface area contributed by atoms with Crippen LogP contribution in [0.1, 0.15) is 5.56 Å². The molecule has 0 amide bonds. The summed E-state index contributed by atoms with van der Waals surface area (Å²) in [6.45, 7) is 6.38. The van der Waals surface area contributed by atoms with Gasteiger partial charge in [0.15, 0.2) is 11.0 Å². The molecule has 110 valence electrons. The lowest BCUT2D eigenvalue weighted by molar-refractivity contribution is -0.137. The lowest BCUT2D eigenvalue weighted by Crippen LogP contribution is -2.06. The molecule has 0 aliphatic rings. The number of aromatic nitrogens is 3. The van der Waals surface area contributed by atoms with E-state index in [0.717, 1.165) is 17.0 Å². The van der Waals surface area contributed by atoms with Crippen molar-refractivity contribution in [2.24, 2.45) is 0 Å². The Kier molecular flexibility index (Phi) is 5.16. The van der Waals surface area contributed by atoms with Gasteiger partial charge in [-0.1, -0.05) is 41.6 Å². The van der Waals surface area contributed by atoms with E-state index >= 15 is 0 Å². The van der Waals surface area contributed by atoms with Gasteiger partial charge in [-0.15, -0.1) is 16.8 Å². The van der Waals surface area contributed by atoms with Gasteiger partial charge in [0.1, 0.15) is 0 Å². The standard InChI is InChI=1S/C15H17N3O2S/c1-4-8-18-14(12-7-5-6-11(2)9-12)16-17-15(18)21-10-13(19)20-3/h4-7,9H,1,8,10H2,2-3H3. The van der Waals surface area contributed by atoms with Crippen LogP contribution in [0.3, 0.4) is 0 Å². The molecule has 1 aromatic carbocycles. The number of esters is 1. The molecule has 0 radical (unpaired) electrons.